The molecule has 1 aliphatic carbocycles. The topological polar surface area (TPSA) is 55.0 Å². The van der Waals surface area contributed by atoms with Crippen molar-refractivity contribution in [3.63, 3.8) is 0 Å². The fourth-order valence-corrected chi connectivity index (χ4v) is 3.04. The quantitative estimate of drug-likeness (QED) is 0.912. The van der Waals surface area contributed by atoms with Crippen molar-refractivity contribution in [1.82, 2.24) is 9.97 Å². The van der Waals surface area contributed by atoms with Crippen LogP contribution in [0, 0.1) is 0 Å². The Hall–Kier alpha value is -1.68. The fraction of sp³-hybridized carbons (Fsp3) is 0.467. The Kier molecular flexibility index (Phi) is 3.60. The van der Waals surface area contributed by atoms with Crippen LogP contribution < -0.4 is 10.6 Å². The highest BCUT2D eigenvalue weighted by Crippen LogP contribution is 2.30. The molecule has 0 aliphatic heterocycles. The lowest BCUT2D eigenvalue weighted by Gasteiger charge is -2.30. The van der Waals surface area contributed by atoms with Gasteiger partial charge >= 0.3 is 0 Å². The van der Waals surface area contributed by atoms with Gasteiger partial charge in [0.1, 0.15) is 12.1 Å². The van der Waals surface area contributed by atoms with Crippen LogP contribution >= 0.6 is 0 Å². The van der Waals surface area contributed by atoms with Gasteiger partial charge < -0.3 is 10.6 Å². The lowest BCUT2D eigenvalue weighted by atomic mass is 10.1. The molecular weight excluding hydrogens is 236 g/mol. The number of nitrogens with zero attached hydrogens (tertiary/aromatic N) is 3. The maximum absolute atomic E-state index is 5.79. The molecule has 1 saturated carbocycles. The number of anilines is 1. The van der Waals surface area contributed by atoms with E-state index in [1.165, 1.54) is 25.7 Å². The van der Waals surface area contributed by atoms with E-state index in [1.807, 2.05) is 18.2 Å². The number of fused-ring (bicyclic) bond motifs is 1. The van der Waals surface area contributed by atoms with Gasteiger partial charge in [0.25, 0.3) is 0 Å². The molecule has 1 heterocycles. The highest BCUT2D eigenvalue weighted by atomic mass is 15.2. The molecule has 1 aromatic carbocycles. The van der Waals surface area contributed by atoms with Crippen LogP contribution in [0.5, 0.6) is 0 Å². The molecule has 19 heavy (non-hydrogen) atoms. The first-order chi connectivity index (χ1) is 9.40. The highest BCUT2D eigenvalue weighted by molar-refractivity contribution is 5.89. The Balaban J connectivity index is 2.03. The van der Waals surface area contributed by atoms with Crippen molar-refractivity contribution in [3.05, 3.63) is 30.6 Å². The van der Waals surface area contributed by atoms with Crippen molar-refractivity contribution in [2.75, 3.05) is 18.0 Å². The van der Waals surface area contributed by atoms with Crippen LogP contribution in [0.2, 0.25) is 0 Å². The van der Waals surface area contributed by atoms with Gasteiger partial charge in [0.2, 0.25) is 0 Å². The van der Waals surface area contributed by atoms with Crippen LogP contribution in [0.4, 0.5) is 5.82 Å². The fourth-order valence-electron chi connectivity index (χ4n) is 3.04. The summed E-state index contributed by atoms with van der Waals surface area (Å²) < 4.78 is 0. The van der Waals surface area contributed by atoms with Gasteiger partial charge in [0, 0.05) is 24.5 Å². The predicted molar refractivity (Wildman–Crippen MR) is 78.2 cm³/mol. The van der Waals surface area contributed by atoms with Crippen LogP contribution in [0.3, 0.4) is 0 Å². The molecule has 0 saturated heterocycles. The summed E-state index contributed by atoms with van der Waals surface area (Å²) in [5, 5.41) is 1.13. The normalized spacial score (nSPS) is 16.1. The van der Waals surface area contributed by atoms with Crippen molar-refractivity contribution >= 4 is 16.7 Å². The van der Waals surface area contributed by atoms with Crippen LogP contribution in [0.25, 0.3) is 10.9 Å². The molecule has 0 bridgehead atoms. The molecule has 0 atom stereocenters. The minimum atomic E-state index is 0.585. The van der Waals surface area contributed by atoms with Gasteiger partial charge in [-0.05, 0) is 25.0 Å². The summed E-state index contributed by atoms with van der Waals surface area (Å²) in [5.41, 5.74) is 6.80. The van der Waals surface area contributed by atoms with Crippen molar-refractivity contribution in [2.45, 2.75) is 31.7 Å². The smallest absolute Gasteiger partial charge is 0.140 e. The largest absolute Gasteiger partial charge is 0.352 e. The molecule has 2 N–H and O–H groups in total. The van der Waals surface area contributed by atoms with Crippen LogP contribution in [0.15, 0.2) is 30.6 Å². The third kappa shape index (κ3) is 2.40. The number of benzene rings is 1. The van der Waals surface area contributed by atoms with Crippen molar-refractivity contribution in [2.24, 2.45) is 5.73 Å². The van der Waals surface area contributed by atoms with Crippen LogP contribution in [-0.2, 0) is 0 Å². The molecule has 0 spiro atoms. The Morgan fingerprint density at radius 2 is 1.95 bits per heavy atom. The third-order valence-corrected chi connectivity index (χ3v) is 3.93. The number of hydrogen-bond acceptors (Lipinski definition) is 4. The molecule has 4 heteroatoms. The minimum absolute atomic E-state index is 0.585. The van der Waals surface area contributed by atoms with Crippen molar-refractivity contribution in [1.29, 1.82) is 0 Å². The lowest BCUT2D eigenvalue weighted by Crippen LogP contribution is -2.38. The predicted octanol–water partition coefficient (Wildman–Crippen LogP) is 2.34. The maximum atomic E-state index is 5.79. The molecule has 1 fully saturated rings. The summed E-state index contributed by atoms with van der Waals surface area (Å²) in [5.74, 6) is 1.04. The lowest BCUT2D eigenvalue weighted by molar-refractivity contribution is 0.604. The van der Waals surface area contributed by atoms with E-state index in [0.29, 0.717) is 12.6 Å². The van der Waals surface area contributed by atoms with Gasteiger partial charge in [-0.25, -0.2) is 9.97 Å². The second-order valence-electron chi connectivity index (χ2n) is 5.13. The summed E-state index contributed by atoms with van der Waals surface area (Å²) in [6.45, 7) is 1.53. The van der Waals surface area contributed by atoms with Crippen molar-refractivity contribution < 1.29 is 0 Å². The van der Waals surface area contributed by atoms with E-state index in [0.717, 1.165) is 23.3 Å². The molecule has 4 nitrogen and oxygen atoms in total. The molecule has 0 unspecified atom stereocenters. The van der Waals surface area contributed by atoms with Gasteiger partial charge in [-0.3, -0.25) is 0 Å². The number of nitrogens with two attached hydrogens (primary N) is 1. The van der Waals surface area contributed by atoms with Gasteiger partial charge in [-0.1, -0.05) is 25.0 Å². The zero-order valence-electron chi connectivity index (χ0n) is 11.1. The van der Waals surface area contributed by atoms with E-state index in [2.05, 4.69) is 20.9 Å². The van der Waals surface area contributed by atoms with Crippen molar-refractivity contribution in [3.8, 4) is 0 Å². The molecule has 3 rings (SSSR count). The SMILES string of the molecule is NCCN(c1ncnc2ccccc12)C1CCCC1. The first-order valence-electron chi connectivity index (χ1n) is 7.06. The molecule has 0 amide bonds. The molecule has 0 radical (unpaired) electrons. The average molecular weight is 256 g/mol. The number of para-hydroxylation sites is 1. The monoisotopic (exact) mass is 256 g/mol. The van der Waals surface area contributed by atoms with Crippen LogP contribution in [-0.4, -0.2) is 29.1 Å². The molecular formula is C15H20N4. The molecule has 1 aromatic heterocycles. The highest BCUT2D eigenvalue weighted by Gasteiger charge is 2.24. The number of aromatic nitrogens is 2. The zero-order valence-corrected chi connectivity index (χ0v) is 11.1. The van der Waals surface area contributed by atoms with E-state index in [9.17, 15) is 0 Å². The summed E-state index contributed by atoms with van der Waals surface area (Å²) in [6.07, 6.45) is 6.79. The van der Waals surface area contributed by atoms with E-state index in [-0.39, 0.29) is 0 Å². The molecule has 100 valence electrons. The van der Waals surface area contributed by atoms with E-state index >= 15 is 0 Å². The minimum Gasteiger partial charge on any atom is -0.352 e. The molecule has 2 aromatic rings. The molecule has 1 aliphatic rings. The van der Waals surface area contributed by atoms with E-state index in [1.54, 1.807) is 6.33 Å². The maximum Gasteiger partial charge on any atom is 0.140 e. The van der Waals surface area contributed by atoms with Gasteiger partial charge in [-0.15, -0.1) is 0 Å². The third-order valence-electron chi connectivity index (χ3n) is 3.93. The average Bonchev–Trinajstić information content (AvgIpc) is 2.98. The Morgan fingerprint density at radius 3 is 2.74 bits per heavy atom. The first-order valence-corrected chi connectivity index (χ1v) is 7.06. The summed E-state index contributed by atoms with van der Waals surface area (Å²) in [6, 6.07) is 8.78. The second kappa shape index (κ2) is 5.53. The summed E-state index contributed by atoms with van der Waals surface area (Å²) in [4.78, 5) is 11.3. The standard InChI is InChI=1S/C15H20N4/c16-9-10-19(12-5-1-2-6-12)15-13-7-3-4-8-14(13)17-11-18-15/h3-4,7-8,11-12H,1-2,5-6,9-10,16H2. The summed E-state index contributed by atoms with van der Waals surface area (Å²) in [7, 11) is 0. The Bertz CT molecular complexity index is 543. The second-order valence-corrected chi connectivity index (χ2v) is 5.13. The van der Waals surface area contributed by atoms with Gasteiger partial charge in [-0.2, -0.15) is 0 Å². The number of rotatable bonds is 4. The summed E-state index contributed by atoms with van der Waals surface area (Å²) >= 11 is 0. The van der Waals surface area contributed by atoms with E-state index in [4.69, 9.17) is 5.73 Å². The Morgan fingerprint density at radius 1 is 1.16 bits per heavy atom. The van der Waals surface area contributed by atoms with Gasteiger partial charge in [0.05, 0.1) is 5.52 Å². The first kappa shape index (κ1) is 12.4. The van der Waals surface area contributed by atoms with Crippen LogP contribution in [0.1, 0.15) is 25.7 Å². The Labute approximate surface area is 113 Å². The zero-order chi connectivity index (χ0) is 13.1. The number of hydrogen-bond donors (Lipinski definition) is 1. The van der Waals surface area contributed by atoms with Gasteiger partial charge in [0.15, 0.2) is 0 Å². The van der Waals surface area contributed by atoms with E-state index < -0.39 is 0 Å².